The number of amides is 1. The van der Waals surface area contributed by atoms with Crippen LogP contribution in [0, 0.1) is 0 Å². The summed E-state index contributed by atoms with van der Waals surface area (Å²) in [6, 6.07) is 10.6. The van der Waals surface area contributed by atoms with Gasteiger partial charge in [0.15, 0.2) is 5.76 Å². The van der Waals surface area contributed by atoms with Crippen LogP contribution in [0.4, 0.5) is 4.79 Å². The van der Waals surface area contributed by atoms with E-state index in [1.807, 2.05) is 31.7 Å². The Bertz CT molecular complexity index is 816. The van der Waals surface area contributed by atoms with Gasteiger partial charge in [-0.15, -0.1) is 0 Å². The number of nitrogens with zero attached hydrogens (tertiary/aromatic N) is 2. The molecule has 1 aromatic carbocycles. The lowest BCUT2D eigenvalue weighted by molar-refractivity contribution is 0.0175. The molecule has 5 nitrogen and oxygen atoms in total. The molecule has 5 heteroatoms. The van der Waals surface area contributed by atoms with Gasteiger partial charge in [-0.2, -0.15) is 0 Å². The van der Waals surface area contributed by atoms with E-state index in [1.54, 1.807) is 6.20 Å². The van der Waals surface area contributed by atoms with Crippen molar-refractivity contribution >= 4 is 11.7 Å². The fraction of sp³-hybridized carbons (Fsp3) is 0.429. The number of aromatic nitrogens is 1. The molecule has 4 rings (SSSR count). The average Bonchev–Trinajstić information content (AvgIpc) is 3.20. The number of hydrogen-bond acceptors (Lipinski definition) is 4. The van der Waals surface area contributed by atoms with Crippen LogP contribution in [0.5, 0.6) is 0 Å². The zero-order chi connectivity index (χ0) is 18.3. The standard InChI is InChI=1S/C21H24N2O3/c1-21(2,3)25-20(24)23-17-8-9-18(23)13-16(12-17)14-4-6-15(7-5-14)19-10-11-22-26-19/h4-7,10-12,17-18H,8-9,13H2,1-3H3. The van der Waals surface area contributed by atoms with Gasteiger partial charge < -0.3 is 9.26 Å². The quantitative estimate of drug-likeness (QED) is 0.771. The summed E-state index contributed by atoms with van der Waals surface area (Å²) in [6.45, 7) is 5.73. The van der Waals surface area contributed by atoms with Gasteiger partial charge in [0, 0.05) is 17.7 Å². The highest BCUT2D eigenvalue weighted by Gasteiger charge is 2.41. The van der Waals surface area contributed by atoms with Crippen LogP contribution in [-0.2, 0) is 4.74 Å². The summed E-state index contributed by atoms with van der Waals surface area (Å²) in [5.41, 5.74) is 3.06. The second-order valence-corrected chi connectivity index (χ2v) is 8.04. The van der Waals surface area contributed by atoms with Gasteiger partial charge in [-0.3, -0.25) is 4.90 Å². The van der Waals surface area contributed by atoms with E-state index < -0.39 is 5.60 Å². The van der Waals surface area contributed by atoms with Crippen molar-refractivity contribution in [1.29, 1.82) is 0 Å². The Morgan fingerprint density at radius 1 is 1.15 bits per heavy atom. The summed E-state index contributed by atoms with van der Waals surface area (Å²) in [5.74, 6) is 0.769. The van der Waals surface area contributed by atoms with Crippen molar-refractivity contribution in [3.63, 3.8) is 0 Å². The van der Waals surface area contributed by atoms with Crippen molar-refractivity contribution in [2.75, 3.05) is 0 Å². The van der Waals surface area contributed by atoms with Crippen molar-refractivity contribution in [1.82, 2.24) is 10.1 Å². The molecule has 136 valence electrons. The van der Waals surface area contributed by atoms with Gasteiger partial charge >= 0.3 is 6.09 Å². The van der Waals surface area contributed by atoms with Crippen molar-refractivity contribution in [2.45, 2.75) is 57.7 Å². The van der Waals surface area contributed by atoms with Crippen molar-refractivity contribution < 1.29 is 14.1 Å². The van der Waals surface area contributed by atoms with E-state index in [4.69, 9.17) is 9.26 Å². The van der Waals surface area contributed by atoms with Crippen LogP contribution in [0.2, 0.25) is 0 Å². The summed E-state index contributed by atoms with van der Waals surface area (Å²) >= 11 is 0. The first-order valence-electron chi connectivity index (χ1n) is 9.14. The maximum Gasteiger partial charge on any atom is 0.411 e. The molecular weight excluding hydrogens is 328 g/mol. The Hall–Kier alpha value is -2.56. The third kappa shape index (κ3) is 3.26. The van der Waals surface area contributed by atoms with Crippen LogP contribution >= 0.6 is 0 Å². The minimum Gasteiger partial charge on any atom is -0.444 e. The lowest BCUT2D eigenvalue weighted by Crippen LogP contribution is -2.45. The number of rotatable bonds is 2. The van der Waals surface area contributed by atoms with Gasteiger partial charge in [0.25, 0.3) is 0 Å². The van der Waals surface area contributed by atoms with Crippen LogP contribution < -0.4 is 0 Å². The molecule has 1 amide bonds. The number of fused-ring (bicyclic) bond motifs is 2. The van der Waals surface area contributed by atoms with Crippen LogP contribution in [-0.4, -0.2) is 33.8 Å². The van der Waals surface area contributed by atoms with E-state index in [-0.39, 0.29) is 18.2 Å². The lowest BCUT2D eigenvalue weighted by atomic mass is 9.94. The molecule has 1 saturated heterocycles. The predicted octanol–water partition coefficient (Wildman–Crippen LogP) is 4.90. The summed E-state index contributed by atoms with van der Waals surface area (Å²) in [4.78, 5) is 14.5. The first-order valence-corrected chi connectivity index (χ1v) is 9.14. The molecular formula is C21H24N2O3. The van der Waals surface area contributed by atoms with Crippen molar-refractivity contribution in [3.05, 3.63) is 48.2 Å². The second-order valence-electron chi connectivity index (χ2n) is 8.04. The molecule has 1 aromatic heterocycles. The minimum atomic E-state index is -0.461. The monoisotopic (exact) mass is 352 g/mol. The van der Waals surface area contributed by atoms with Gasteiger partial charge in [0.1, 0.15) is 5.60 Å². The third-order valence-electron chi connectivity index (χ3n) is 4.98. The van der Waals surface area contributed by atoms with E-state index >= 15 is 0 Å². The highest BCUT2D eigenvalue weighted by molar-refractivity contribution is 5.76. The molecule has 2 atom stereocenters. The molecule has 0 spiro atoms. The molecule has 2 bridgehead atoms. The van der Waals surface area contributed by atoms with Gasteiger partial charge in [-0.25, -0.2) is 4.79 Å². The topological polar surface area (TPSA) is 55.6 Å². The molecule has 2 aromatic rings. The normalized spacial score (nSPS) is 22.3. The third-order valence-corrected chi connectivity index (χ3v) is 4.98. The minimum absolute atomic E-state index is 0.132. The zero-order valence-corrected chi connectivity index (χ0v) is 15.4. The molecule has 1 fully saturated rings. The average molecular weight is 352 g/mol. The SMILES string of the molecule is CC(C)(C)OC(=O)N1C2C=C(c3ccc(-c4ccno4)cc3)CC1CC2. The van der Waals surface area contributed by atoms with Crippen LogP contribution in [0.25, 0.3) is 16.9 Å². The lowest BCUT2D eigenvalue weighted by Gasteiger charge is -2.35. The number of ether oxygens (including phenoxy) is 1. The van der Waals surface area contributed by atoms with E-state index in [1.165, 1.54) is 11.1 Å². The second kappa shape index (κ2) is 6.31. The maximum atomic E-state index is 12.6. The Kier molecular flexibility index (Phi) is 4.10. The molecule has 2 aliphatic rings. The first kappa shape index (κ1) is 16.9. The Morgan fingerprint density at radius 3 is 2.50 bits per heavy atom. The molecule has 0 aliphatic carbocycles. The van der Waals surface area contributed by atoms with Crippen LogP contribution in [0.3, 0.4) is 0 Å². The van der Waals surface area contributed by atoms with E-state index in [0.717, 1.165) is 30.6 Å². The first-order chi connectivity index (χ1) is 12.4. The van der Waals surface area contributed by atoms with E-state index in [0.29, 0.717) is 0 Å². The fourth-order valence-corrected chi connectivity index (χ4v) is 3.86. The molecule has 0 saturated carbocycles. The van der Waals surface area contributed by atoms with Crippen LogP contribution in [0.1, 0.15) is 45.6 Å². The van der Waals surface area contributed by atoms with Crippen LogP contribution in [0.15, 0.2) is 47.1 Å². The smallest absolute Gasteiger partial charge is 0.411 e. The van der Waals surface area contributed by atoms with Crippen molar-refractivity contribution in [2.24, 2.45) is 0 Å². The van der Waals surface area contributed by atoms with Gasteiger partial charge in [0.2, 0.25) is 0 Å². The highest BCUT2D eigenvalue weighted by atomic mass is 16.6. The summed E-state index contributed by atoms with van der Waals surface area (Å²) in [7, 11) is 0. The fourth-order valence-electron chi connectivity index (χ4n) is 3.86. The Labute approximate surface area is 153 Å². The maximum absolute atomic E-state index is 12.6. The van der Waals surface area contributed by atoms with Gasteiger partial charge in [-0.1, -0.05) is 35.5 Å². The zero-order valence-electron chi connectivity index (χ0n) is 15.4. The molecule has 2 unspecified atom stereocenters. The van der Waals surface area contributed by atoms with Gasteiger partial charge in [0.05, 0.1) is 12.2 Å². The predicted molar refractivity (Wildman–Crippen MR) is 99.4 cm³/mol. The highest BCUT2D eigenvalue weighted by Crippen LogP contribution is 2.39. The summed E-state index contributed by atoms with van der Waals surface area (Å²) in [5, 5.41) is 3.75. The number of benzene rings is 1. The summed E-state index contributed by atoms with van der Waals surface area (Å²) in [6.07, 6.45) is 6.59. The summed E-state index contributed by atoms with van der Waals surface area (Å²) < 4.78 is 10.8. The molecule has 0 radical (unpaired) electrons. The molecule has 0 N–H and O–H groups in total. The Balaban J connectivity index is 1.53. The number of carbonyl (C=O) groups is 1. The molecule has 3 heterocycles. The Morgan fingerprint density at radius 2 is 1.88 bits per heavy atom. The number of carbonyl (C=O) groups excluding carboxylic acids is 1. The largest absolute Gasteiger partial charge is 0.444 e. The molecule has 26 heavy (non-hydrogen) atoms. The van der Waals surface area contributed by atoms with Crippen molar-refractivity contribution in [3.8, 4) is 11.3 Å². The molecule has 2 aliphatic heterocycles. The number of hydrogen-bond donors (Lipinski definition) is 0. The van der Waals surface area contributed by atoms with E-state index in [2.05, 4.69) is 35.5 Å². The van der Waals surface area contributed by atoms with E-state index in [9.17, 15) is 4.79 Å². The van der Waals surface area contributed by atoms with Gasteiger partial charge in [-0.05, 0) is 51.2 Å².